The highest BCUT2D eigenvalue weighted by Crippen LogP contribution is 2.04. The third-order valence-electron chi connectivity index (χ3n) is 1.70. The largest absolute Gasteiger partial charge is 0.461 e. The number of carbonyl (C=O) groups excluding carboxylic acids is 1. The first-order valence-electron chi connectivity index (χ1n) is 4.70. The number of rotatable bonds is 7. The molecule has 3 heteroatoms. The van der Waals surface area contributed by atoms with E-state index >= 15 is 0 Å². The van der Waals surface area contributed by atoms with Crippen molar-refractivity contribution >= 4 is 17.6 Å². The SMILES string of the molecule is C=C(Cl)C(=O)OCCCCCCC. The Morgan fingerprint density at radius 2 is 1.92 bits per heavy atom. The average molecular weight is 205 g/mol. The van der Waals surface area contributed by atoms with Crippen molar-refractivity contribution < 1.29 is 9.53 Å². The van der Waals surface area contributed by atoms with Crippen LogP contribution >= 0.6 is 11.6 Å². The number of esters is 1. The van der Waals surface area contributed by atoms with Gasteiger partial charge in [0.2, 0.25) is 0 Å². The van der Waals surface area contributed by atoms with Gasteiger partial charge in [-0.25, -0.2) is 4.79 Å². The van der Waals surface area contributed by atoms with Gasteiger partial charge in [-0.05, 0) is 6.42 Å². The number of halogens is 1. The van der Waals surface area contributed by atoms with Crippen LogP contribution in [0, 0.1) is 0 Å². The van der Waals surface area contributed by atoms with Crippen LogP contribution in [0.15, 0.2) is 11.6 Å². The molecule has 0 aliphatic rings. The van der Waals surface area contributed by atoms with Crippen LogP contribution in [0.1, 0.15) is 39.0 Å². The molecular weight excluding hydrogens is 188 g/mol. The van der Waals surface area contributed by atoms with Gasteiger partial charge in [0.1, 0.15) is 5.03 Å². The molecule has 0 aromatic rings. The summed E-state index contributed by atoms with van der Waals surface area (Å²) < 4.78 is 4.81. The molecule has 2 nitrogen and oxygen atoms in total. The van der Waals surface area contributed by atoms with Crippen LogP contribution in [-0.2, 0) is 9.53 Å². The van der Waals surface area contributed by atoms with Gasteiger partial charge in [-0.2, -0.15) is 0 Å². The van der Waals surface area contributed by atoms with Crippen LogP contribution in [0.5, 0.6) is 0 Å². The highest BCUT2D eigenvalue weighted by Gasteiger charge is 2.03. The lowest BCUT2D eigenvalue weighted by molar-refractivity contribution is -0.138. The third-order valence-corrected chi connectivity index (χ3v) is 1.86. The number of unbranched alkanes of at least 4 members (excludes halogenated alkanes) is 4. The quantitative estimate of drug-likeness (QED) is 0.362. The van der Waals surface area contributed by atoms with E-state index in [2.05, 4.69) is 13.5 Å². The summed E-state index contributed by atoms with van der Waals surface area (Å²) in [6, 6.07) is 0. The maximum atomic E-state index is 10.8. The Labute approximate surface area is 84.9 Å². The average Bonchev–Trinajstić information content (AvgIpc) is 2.10. The van der Waals surface area contributed by atoms with Crippen molar-refractivity contribution in [3.05, 3.63) is 11.6 Å². The maximum absolute atomic E-state index is 10.8. The molecule has 0 atom stereocenters. The van der Waals surface area contributed by atoms with Crippen LogP contribution < -0.4 is 0 Å². The fraction of sp³-hybridized carbons (Fsp3) is 0.700. The molecular formula is C10H17ClO2. The van der Waals surface area contributed by atoms with E-state index in [-0.39, 0.29) is 5.03 Å². The zero-order valence-electron chi connectivity index (χ0n) is 8.14. The molecule has 0 unspecified atom stereocenters. The van der Waals surface area contributed by atoms with E-state index in [0.29, 0.717) is 6.61 Å². The third kappa shape index (κ3) is 7.85. The van der Waals surface area contributed by atoms with Crippen molar-refractivity contribution in [2.24, 2.45) is 0 Å². The molecule has 0 heterocycles. The summed E-state index contributed by atoms with van der Waals surface area (Å²) in [4.78, 5) is 10.8. The van der Waals surface area contributed by atoms with Crippen molar-refractivity contribution in [3.8, 4) is 0 Å². The van der Waals surface area contributed by atoms with Gasteiger partial charge in [-0.1, -0.05) is 50.8 Å². The van der Waals surface area contributed by atoms with Crippen LogP contribution in [-0.4, -0.2) is 12.6 Å². The minimum Gasteiger partial charge on any atom is -0.461 e. The van der Waals surface area contributed by atoms with Gasteiger partial charge in [-0.3, -0.25) is 0 Å². The smallest absolute Gasteiger partial charge is 0.349 e. The summed E-state index contributed by atoms with van der Waals surface area (Å²) in [5.41, 5.74) is 0. The van der Waals surface area contributed by atoms with Crippen molar-refractivity contribution in [3.63, 3.8) is 0 Å². The minimum atomic E-state index is -0.503. The van der Waals surface area contributed by atoms with E-state index in [4.69, 9.17) is 16.3 Å². The fourth-order valence-electron chi connectivity index (χ4n) is 0.949. The zero-order valence-corrected chi connectivity index (χ0v) is 8.90. The van der Waals surface area contributed by atoms with E-state index in [9.17, 15) is 4.79 Å². The molecule has 0 rings (SSSR count). The van der Waals surface area contributed by atoms with E-state index < -0.39 is 5.97 Å². The summed E-state index contributed by atoms with van der Waals surface area (Å²) in [7, 11) is 0. The van der Waals surface area contributed by atoms with E-state index in [1.54, 1.807) is 0 Å². The molecule has 0 bridgehead atoms. The van der Waals surface area contributed by atoms with Crippen LogP contribution in [0.4, 0.5) is 0 Å². The minimum absolute atomic E-state index is 0.0476. The first-order valence-corrected chi connectivity index (χ1v) is 5.07. The molecule has 0 aliphatic carbocycles. The molecule has 0 aliphatic heterocycles. The number of hydrogen-bond donors (Lipinski definition) is 0. The lowest BCUT2D eigenvalue weighted by Gasteiger charge is -2.02. The standard InChI is InChI=1S/C10H17ClO2/c1-3-4-5-6-7-8-13-10(12)9(2)11/h2-8H2,1H3. The molecule has 0 amide bonds. The summed E-state index contributed by atoms with van der Waals surface area (Å²) in [5.74, 6) is -0.503. The molecule has 0 saturated carbocycles. The Balaban J connectivity index is 3.16. The van der Waals surface area contributed by atoms with Crippen LogP contribution in [0.25, 0.3) is 0 Å². The summed E-state index contributed by atoms with van der Waals surface area (Å²) in [6.07, 6.45) is 5.69. The summed E-state index contributed by atoms with van der Waals surface area (Å²) in [6.45, 7) is 5.89. The van der Waals surface area contributed by atoms with Crippen LogP contribution in [0.2, 0.25) is 0 Å². The van der Waals surface area contributed by atoms with Gasteiger partial charge in [0.15, 0.2) is 0 Å². The molecule has 0 aromatic carbocycles. The maximum Gasteiger partial charge on any atom is 0.349 e. The van der Waals surface area contributed by atoms with Crippen molar-refractivity contribution in [1.82, 2.24) is 0 Å². The first kappa shape index (κ1) is 12.5. The normalized spacial score (nSPS) is 9.69. The van der Waals surface area contributed by atoms with Gasteiger partial charge >= 0.3 is 5.97 Å². The summed E-state index contributed by atoms with van der Waals surface area (Å²) in [5, 5.41) is -0.0476. The highest BCUT2D eigenvalue weighted by molar-refractivity contribution is 6.40. The highest BCUT2D eigenvalue weighted by atomic mass is 35.5. The molecule has 76 valence electrons. The Morgan fingerprint density at radius 3 is 2.46 bits per heavy atom. The van der Waals surface area contributed by atoms with E-state index in [0.717, 1.165) is 12.8 Å². The molecule has 0 saturated heterocycles. The Bertz CT molecular complexity index is 166. The molecule has 0 aromatic heterocycles. The van der Waals surface area contributed by atoms with E-state index in [1.165, 1.54) is 19.3 Å². The second kappa shape index (κ2) is 8.11. The van der Waals surface area contributed by atoms with Crippen molar-refractivity contribution in [2.75, 3.05) is 6.61 Å². The molecule has 13 heavy (non-hydrogen) atoms. The Hall–Kier alpha value is -0.500. The predicted molar refractivity (Wildman–Crippen MR) is 54.7 cm³/mol. The van der Waals surface area contributed by atoms with E-state index in [1.807, 2.05) is 0 Å². The zero-order chi connectivity index (χ0) is 10.1. The molecule has 0 N–H and O–H groups in total. The Kier molecular flexibility index (Phi) is 7.80. The second-order valence-electron chi connectivity index (χ2n) is 2.96. The number of carbonyl (C=O) groups is 1. The predicted octanol–water partition coefficient (Wildman–Crippen LogP) is 3.25. The topological polar surface area (TPSA) is 26.3 Å². The van der Waals surface area contributed by atoms with Crippen molar-refractivity contribution in [1.29, 1.82) is 0 Å². The lowest BCUT2D eigenvalue weighted by Crippen LogP contribution is -2.04. The van der Waals surface area contributed by atoms with Crippen molar-refractivity contribution in [2.45, 2.75) is 39.0 Å². The molecule has 0 spiro atoms. The van der Waals surface area contributed by atoms with Gasteiger partial charge in [0.25, 0.3) is 0 Å². The fourth-order valence-corrected chi connectivity index (χ4v) is 1.00. The lowest BCUT2D eigenvalue weighted by atomic mass is 10.2. The first-order chi connectivity index (χ1) is 6.18. The molecule has 0 radical (unpaired) electrons. The summed E-state index contributed by atoms with van der Waals surface area (Å²) >= 11 is 5.32. The molecule has 0 fully saturated rings. The number of hydrogen-bond acceptors (Lipinski definition) is 2. The monoisotopic (exact) mass is 204 g/mol. The van der Waals surface area contributed by atoms with Gasteiger partial charge in [0.05, 0.1) is 6.61 Å². The number of ether oxygens (including phenoxy) is 1. The van der Waals surface area contributed by atoms with Gasteiger partial charge in [-0.15, -0.1) is 0 Å². The van der Waals surface area contributed by atoms with Gasteiger partial charge < -0.3 is 4.74 Å². The Morgan fingerprint density at radius 1 is 1.31 bits per heavy atom. The second-order valence-corrected chi connectivity index (χ2v) is 3.41. The van der Waals surface area contributed by atoms with Crippen LogP contribution in [0.3, 0.4) is 0 Å². The van der Waals surface area contributed by atoms with Gasteiger partial charge in [0, 0.05) is 0 Å².